The fourth-order valence-corrected chi connectivity index (χ4v) is 2.87. The first-order valence-corrected chi connectivity index (χ1v) is 9.92. The molecular weight excluding hydrogens is 358 g/mol. The number of ether oxygens (including phenoxy) is 2. The topological polar surface area (TPSA) is 69.2 Å². The van der Waals surface area contributed by atoms with Gasteiger partial charge in [0.05, 0.1) is 18.4 Å². The summed E-state index contributed by atoms with van der Waals surface area (Å²) in [7, 11) is 0. The lowest BCUT2D eigenvalue weighted by molar-refractivity contribution is 0.229. The van der Waals surface area contributed by atoms with Gasteiger partial charge >= 0.3 is 0 Å². The van der Waals surface area contributed by atoms with Gasteiger partial charge in [-0.1, -0.05) is 42.1 Å². The Morgan fingerprint density at radius 2 is 1.59 bits per heavy atom. The average Bonchev–Trinajstić information content (AvgIpc) is 2.59. The highest BCUT2D eigenvalue weighted by atomic mass is 32.2. The predicted octanol–water partition coefficient (Wildman–Crippen LogP) is 4.84. The lowest BCUT2D eigenvalue weighted by atomic mass is 10.2. The Morgan fingerprint density at radius 3 is 2.15 bits per heavy atom. The molecule has 0 aliphatic carbocycles. The molecule has 0 spiro atoms. The molecule has 0 aromatic heterocycles. The normalized spacial score (nSPS) is 12.1. The fourth-order valence-electron chi connectivity index (χ4n) is 2.26. The average molecular weight is 386 g/mol. The Bertz CT molecular complexity index is 746. The molecule has 0 unspecified atom stereocenters. The third-order valence-corrected chi connectivity index (χ3v) is 4.09. The summed E-state index contributed by atoms with van der Waals surface area (Å²) in [6.45, 7) is 7.94. The highest BCUT2D eigenvalue weighted by Gasteiger charge is 2.05. The minimum absolute atomic E-state index is 0.0761. The first-order chi connectivity index (χ1) is 12.9. The van der Waals surface area contributed by atoms with Crippen LogP contribution >= 0.6 is 11.8 Å². The summed E-state index contributed by atoms with van der Waals surface area (Å²) in [6, 6.07) is 15.8. The van der Waals surface area contributed by atoms with Gasteiger partial charge in [-0.2, -0.15) is 5.10 Å². The van der Waals surface area contributed by atoms with Crippen LogP contribution < -0.4 is 15.2 Å². The van der Waals surface area contributed by atoms with E-state index in [1.807, 2.05) is 64.1 Å². The van der Waals surface area contributed by atoms with Crippen molar-refractivity contribution in [1.29, 1.82) is 0 Å². The smallest absolute Gasteiger partial charge is 0.180 e. The van der Waals surface area contributed by atoms with E-state index in [0.717, 1.165) is 22.8 Å². The van der Waals surface area contributed by atoms with Gasteiger partial charge in [-0.15, -0.1) is 5.10 Å². The Kier molecular flexibility index (Phi) is 8.20. The molecule has 2 aromatic carbocycles. The minimum atomic E-state index is 0.0761. The monoisotopic (exact) mass is 385 g/mol. The summed E-state index contributed by atoms with van der Waals surface area (Å²) in [5.74, 6) is 2.23. The molecule has 6 heteroatoms. The van der Waals surface area contributed by atoms with Crippen molar-refractivity contribution < 1.29 is 9.47 Å². The zero-order chi connectivity index (χ0) is 19.6. The van der Waals surface area contributed by atoms with Crippen LogP contribution in [0, 0.1) is 0 Å². The molecule has 0 fully saturated rings. The molecular formula is C21H27N3O2S. The number of nitrogens with zero attached hydrogens (tertiary/aromatic N) is 2. The van der Waals surface area contributed by atoms with E-state index in [1.54, 1.807) is 6.21 Å². The molecule has 2 rings (SSSR count). The third kappa shape index (κ3) is 8.17. The lowest BCUT2D eigenvalue weighted by Gasteiger charge is -2.14. The molecule has 0 aliphatic heterocycles. The van der Waals surface area contributed by atoms with Crippen LogP contribution in [-0.2, 0) is 5.75 Å². The zero-order valence-electron chi connectivity index (χ0n) is 16.3. The molecule has 0 radical (unpaired) electrons. The molecule has 5 nitrogen and oxygen atoms in total. The maximum Gasteiger partial charge on any atom is 0.180 e. The molecule has 144 valence electrons. The predicted molar refractivity (Wildman–Crippen MR) is 115 cm³/mol. The van der Waals surface area contributed by atoms with Gasteiger partial charge in [0, 0.05) is 17.4 Å². The SMILES string of the molecule is CC(C)Oc1cc(C=NN=C(N)SCc2ccccc2)cc(OC(C)C)c1. The summed E-state index contributed by atoms with van der Waals surface area (Å²) in [5.41, 5.74) is 7.96. The van der Waals surface area contributed by atoms with Gasteiger partial charge in [0.2, 0.25) is 0 Å². The molecule has 27 heavy (non-hydrogen) atoms. The quantitative estimate of drug-likeness (QED) is 0.401. The van der Waals surface area contributed by atoms with Gasteiger partial charge in [0.1, 0.15) is 11.5 Å². The number of nitrogens with two attached hydrogens (primary N) is 1. The van der Waals surface area contributed by atoms with Crippen LogP contribution in [0.2, 0.25) is 0 Å². The van der Waals surface area contributed by atoms with E-state index in [-0.39, 0.29) is 12.2 Å². The Morgan fingerprint density at radius 1 is 1.00 bits per heavy atom. The van der Waals surface area contributed by atoms with Crippen molar-refractivity contribution in [2.24, 2.45) is 15.9 Å². The summed E-state index contributed by atoms with van der Waals surface area (Å²) in [6.07, 6.45) is 1.80. The van der Waals surface area contributed by atoms with Crippen LogP contribution in [0.3, 0.4) is 0 Å². The van der Waals surface area contributed by atoms with Gasteiger partial charge in [0.25, 0.3) is 0 Å². The molecule has 0 bridgehead atoms. The van der Waals surface area contributed by atoms with Gasteiger partial charge in [0.15, 0.2) is 5.17 Å². The van der Waals surface area contributed by atoms with E-state index in [2.05, 4.69) is 22.3 Å². The van der Waals surface area contributed by atoms with Crippen molar-refractivity contribution in [3.05, 3.63) is 59.7 Å². The number of rotatable bonds is 8. The van der Waals surface area contributed by atoms with Gasteiger partial charge in [-0.05, 0) is 45.4 Å². The second kappa shape index (κ2) is 10.6. The fraction of sp³-hybridized carbons (Fsp3) is 0.333. The van der Waals surface area contributed by atoms with Gasteiger partial charge in [-0.3, -0.25) is 0 Å². The van der Waals surface area contributed by atoms with E-state index in [0.29, 0.717) is 5.17 Å². The summed E-state index contributed by atoms with van der Waals surface area (Å²) in [4.78, 5) is 0. The molecule has 2 N–H and O–H groups in total. The molecule has 0 atom stereocenters. The van der Waals surface area contributed by atoms with Crippen LogP contribution in [0.5, 0.6) is 11.5 Å². The summed E-state index contributed by atoms with van der Waals surface area (Å²) < 4.78 is 11.6. The first kappa shape index (κ1) is 20.8. The number of hydrogen-bond acceptors (Lipinski definition) is 5. The van der Waals surface area contributed by atoms with Crippen molar-refractivity contribution in [1.82, 2.24) is 0 Å². The van der Waals surface area contributed by atoms with Crippen molar-refractivity contribution >= 4 is 23.1 Å². The van der Waals surface area contributed by atoms with E-state index in [9.17, 15) is 0 Å². The maximum atomic E-state index is 5.93. The minimum Gasteiger partial charge on any atom is -0.491 e. The molecule has 0 aliphatic rings. The van der Waals surface area contributed by atoms with Crippen molar-refractivity contribution in [2.45, 2.75) is 45.7 Å². The summed E-state index contributed by atoms with van der Waals surface area (Å²) in [5, 5.41) is 8.58. The van der Waals surface area contributed by atoms with Crippen LogP contribution in [0.4, 0.5) is 0 Å². The summed E-state index contributed by atoms with van der Waals surface area (Å²) >= 11 is 1.45. The second-order valence-electron chi connectivity index (χ2n) is 6.53. The van der Waals surface area contributed by atoms with Crippen LogP contribution in [-0.4, -0.2) is 23.6 Å². The molecule has 0 saturated carbocycles. The highest BCUT2D eigenvalue weighted by Crippen LogP contribution is 2.24. The molecule has 2 aromatic rings. The van der Waals surface area contributed by atoms with E-state index in [1.165, 1.54) is 17.3 Å². The van der Waals surface area contributed by atoms with Gasteiger partial charge in [-0.25, -0.2) is 0 Å². The highest BCUT2D eigenvalue weighted by molar-refractivity contribution is 8.13. The Hall–Kier alpha value is -2.47. The standard InChI is InChI=1S/C21H27N3O2S/c1-15(2)25-19-10-18(11-20(12-19)26-16(3)4)13-23-24-21(22)27-14-17-8-6-5-7-9-17/h5-13,15-16H,14H2,1-4H3,(H2,22,24). The molecule has 0 amide bonds. The van der Waals surface area contributed by atoms with E-state index < -0.39 is 0 Å². The second-order valence-corrected chi connectivity index (χ2v) is 7.52. The van der Waals surface area contributed by atoms with Crippen LogP contribution in [0.1, 0.15) is 38.8 Å². The Balaban J connectivity index is 2.04. The lowest BCUT2D eigenvalue weighted by Crippen LogP contribution is -2.08. The van der Waals surface area contributed by atoms with Gasteiger partial charge < -0.3 is 15.2 Å². The largest absolute Gasteiger partial charge is 0.491 e. The number of amidine groups is 1. The molecule has 0 saturated heterocycles. The number of thioether (sulfide) groups is 1. The van der Waals surface area contributed by atoms with Crippen molar-refractivity contribution in [3.63, 3.8) is 0 Å². The first-order valence-electron chi connectivity index (χ1n) is 8.94. The van der Waals surface area contributed by atoms with E-state index >= 15 is 0 Å². The van der Waals surface area contributed by atoms with Crippen molar-refractivity contribution in [2.75, 3.05) is 0 Å². The number of hydrogen-bond donors (Lipinski definition) is 1. The molecule has 0 heterocycles. The zero-order valence-corrected chi connectivity index (χ0v) is 17.1. The third-order valence-electron chi connectivity index (χ3n) is 3.24. The van der Waals surface area contributed by atoms with Crippen LogP contribution in [0.15, 0.2) is 58.7 Å². The van der Waals surface area contributed by atoms with E-state index in [4.69, 9.17) is 15.2 Å². The van der Waals surface area contributed by atoms with Crippen molar-refractivity contribution in [3.8, 4) is 11.5 Å². The van der Waals surface area contributed by atoms with Crippen LogP contribution in [0.25, 0.3) is 0 Å². The maximum absolute atomic E-state index is 5.93. The Labute approximate surface area is 165 Å². The number of benzene rings is 2.